The number of rotatable bonds is 4. The van der Waals surface area contributed by atoms with Crippen LogP contribution in [0.4, 0.5) is 14.5 Å². The van der Waals surface area contributed by atoms with Crippen LogP contribution in [0.15, 0.2) is 48.5 Å². The van der Waals surface area contributed by atoms with E-state index in [4.69, 9.17) is 0 Å². The first-order chi connectivity index (χ1) is 14.7. The molecule has 4 rings (SSSR count). The average Bonchev–Trinajstić information content (AvgIpc) is 2.84. The van der Waals surface area contributed by atoms with Gasteiger partial charge in [-0.15, -0.1) is 17.0 Å². The number of alkyl halides is 2. The molecule has 0 fully saturated rings. The summed E-state index contributed by atoms with van der Waals surface area (Å²) in [5.41, 5.74) is 1.60. The van der Waals surface area contributed by atoms with Gasteiger partial charge < -0.3 is 9.84 Å². The molecule has 7 heteroatoms. The maximum atomic E-state index is 12.6. The number of amidine groups is 1. The summed E-state index contributed by atoms with van der Waals surface area (Å²) in [6, 6.07) is 14.7. The van der Waals surface area contributed by atoms with Gasteiger partial charge in [0, 0.05) is 12.0 Å². The maximum Gasteiger partial charge on any atom is 0.387 e. The van der Waals surface area contributed by atoms with E-state index in [1.165, 1.54) is 17.7 Å². The molecule has 0 aliphatic carbocycles. The van der Waals surface area contributed by atoms with Crippen molar-refractivity contribution >= 4 is 28.5 Å². The second-order valence-corrected chi connectivity index (χ2v) is 9.50. The number of nitrogens with zero attached hydrogens (tertiary/aromatic N) is 2. The van der Waals surface area contributed by atoms with Crippen LogP contribution in [0.3, 0.4) is 0 Å². The zero-order valence-electron chi connectivity index (χ0n) is 18.9. The SMILES string of the molecule is Br.CC(C)(C)c1ccc(C2(O)C[N+]3=C(CCCCC3)N2c2ccc(OC(F)F)cc2)cc1. The summed E-state index contributed by atoms with van der Waals surface area (Å²) < 4.78 is 31.9. The Hall–Kier alpha value is -1.99. The van der Waals surface area contributed by atoms with Crippen molar-refractivity contribution in [3.63, 3.8) is 0 Å². The number of anilines is 1. The Labute approximate surface area is 199 Å². The molecule has 0 saturated heterocycles. The van der Waals surface area contributed by atoms with Crippen molar-refractivity contribution in [1.29, 1.82) is 0 Å². The highest BCUT2D eigenvalue weighted by Gasteiger charge is 2.54. The largest absolute Gasteiger partial charge is 0.435 e. The molecule has 2 aromatic rings. The maximum absolute atomic E-state index is 12.6. The van der Waals surface area contributed by atoms with Gasteiger partial charge >= 0.3 is 6.61 Å². The topological polar surface area (TPSA) is 35.7 Å². The second-order valence-electron chi connectivity index (χ2n) is 9.50. The Morgan fingerprint density at radius 1 is 1.00 bits per heavy atom. The number of aliphatic hydroxyl groups is 1. The molecule has 32 heavy (non-hydrogen) atoms. The molecule has 4 nitrogen and oxygen atoms in total. The lowest BCUT2D eigenvalue weighted by atomic mass is 9.85. The van der Waals surface area contributed by atoms with E-state index in [2.05, 4.69) is 42.2 Å². The molecule has 1 N–H and O–H groups in total. The Bertz CT molecular complexity index is 955. The third kappa shape index (κ3) is 4.84. The van der Waals surface area contributed by atoms with Crippen molar-refractivity contribution in [2.24, 2.45) is 0 Å². The lowest BCUT2D eigenvalue weighted by Crippen LogP contribution is -2.47. The van der Waals surface area contributed by atoms with Gasteiger partial charge in [0.15, 0.2) is 6.54 Å². The average molecular weight is 510 g/mol. The van der Waals surface area contributed by atoms with Crippen molar-refractivity contribution < 1.29 is 23.2 Å². The molecule has 0 amide bonds. The Morgan fingerprint density at radius 2 is 1.66 bits per heavy atom. The summed E-state index contributed by atoms with van der Waals surface area (Å²) in [6.07, 6.45) is 4.19. The van der Waals surface area contributed by atoms with Gasteiger partial charge in [-0.3, -0.25) is 4.58 Å². The summed E-state index contributed by atoms with van der Waals surface area (Å²) in [4.78, 5) is 1.98. The molecular weight excluding hydrogens is 478 g/mol. The fourth-order valence-corrected chi connectivity index (χ4v) is 4.62. The van der Waals surface area contributed by atoms with Gasteiger partial charge in [0.1, 0.15) is 11.4 Å². The lowest BCUT2D eigenvalue weighted by Gasteiger charge is -2.30. The van der Waals surface area contributed by atoms with E-state index in [1.807, 2.05) is 17.0 Å². The zero-order valence-corrected chi connectivity index (χ0v) is 20.6. The molecular formula is C25H32BrF2N2O2+. The Kier molecular flexibility index (Phi) is 7.30. The van der Waals surface area contributed by atoms with E-state index < -0.39 is 12.3 Å². The summed E-state index contributed by atoms with van der Waals surface area (Å²) in [5, 5.41) is 12.0. The first kappa shape index (κ1) is 24.6. The van der Waals surface area contributed by atoms with Crippen LogP contribution in [0.1, 0.15) is 57.6 Å². The number of hydrogen-bond donors (Lipinski definition) is 1. The van der Waals surface area contributed by atoms with Crippen molar-refractivity contribution in [1.82, 2.24) is 0 Å². The molecule has 0 aromatic heterocycles. The highest BCUT2D eigenvalue weighted by molar-refractivity contribution is 8.93. The number of ether oxygens (including phenoxy) is 1. The highest BCUT2D eigenvalue weighted by atomic mass is 79.9. The Balaban J connectivity index is 0.00000289. The summed E-state index contributed by atoms with van der Waals surface area (Å²) in [6.45, 7) is 5.03. The van der Waals surface area contributed by atoms with Crippen LogP contribution >= 0.6 is 17.0 Å². The van der Waals surface area contributed by atoms with Crippen molar-refractivity contribution in [3.05, 3.63) is 59.7 Å². The quantitative estimate of drug-likeness (QED) is 0.528. The van der Waals surface area contributed by atoms with Crippen LogP contribution in [0.25, 0.3) is 0 Å². The van der Waals surface area contributed by atoms with Crippen molar-refractivity contribution in [2.75, 3.05) is 18.0 Å². The van der Waals surface area contributed by atoms with E-state index in [1.54, 1.807) is 12.1 Å². The summed E-state index contributed by atoms with van der Waals surface area (Å²) >= 11 is 0. The number of halogens is 3. The summed E-state index contributed by atoms with van der Waals surface area (Å²) in [5.74, 6) is 1.20. The van der Waals surface area contributed by atoms with Gasteiger partial charge in [-0.1, -0.05) is 45.0 Å². The molecule has 1 unspecified atom stereocenters. The predicted octanol–water partition coefficient (Wildman–Crippen LogP) is 5.81. The third-order valence-electron chi connectivity index (χ3n) is 6.27. The van der Waals surface area contributed by atoms with Crippen LogP contribution < -0.4 is 9.64 Å². The van der Waals surface area contributed by atoms with Crippen LogP contribution in [-0.4, -0.2) is 35.2 Å². The van der Waals surface area contributed by atoms with Gasteiger partial charge in [-0.05, 0) is 54.5 Å². The standard InChI is InChI=1S/C25H31F2N2O2.BrH/c1-24(2,3)18-8-10-19(11-9-18)25(30)17-28-16-6-4-5-7-22(28)29(25)20-12-14-21(15-13-20)31-23(26)27;/h8-15,23,30H,4-7,16-17H2,1-3H3;1H/q+1;. The minimum absolute atomic E-state index is 0. The van der Waals surface area contributed by atoms with E-state index >= 15 is 0 Å². The van der Waals surface area contributed by atoms with E-state index in [0.717, 1.165) is 49.3 Å². The molecule has 2 aliphatic rings. The molecule has 0 spiro atoms. The fraction of sp³-hybridized carbons (Fsp3) is 0.480. The highest BCUT2D eigenvalue weighted by Crippen LogP contribution is 2.39. The van der Waals surface area contributed by atoms with Gasteiger partial charge in [-0.2, -0.15) is 13.7 Å². The monoisotopic (exact) mass is 509 g/mol. The van der Waals surface area contributed by atoms with Gasteiger partial charge in [-0.25, -0.2) is 0 Å². The van der Waals surface area contributed by atoms with E-state index in [9.17, 15) is 13.9 Å². The molecule has 0 saturated carbocycles. The second kappa shape index (κ2) is 9.48. The van der Waals surface area contributed by atoms with Crippen LogP contribution in [-0.2, 0) is 11.1 Å². The first-order valence-corrected chi connectivity index (χ1v) is 11.0. The van der Waals surface area contributed by atoms with Gasteiger partial charge in [0.2, 0.25) is 0 Å². The third-order valence-corrected chi connectivity index (χ3v) is 6.27. The Morgan fingerprint density at radius 3 is 2.25 bits per heavy atom. The van der Waals surface area contributed by atoms with E-state index in [0.29, 0.717) is 6.54 Å². The van der Waals surface area contributed by atoms with Gasteiger partial charge in [0.05, 0.1) is 6.54 Å². The molecule has 2 heterocycles. The minimum Gasteiger partial charge on any atom is -0.435 e. The van der Waals surface area contributed by atoms with Crippen molar-refractivity contribution in [2.45, 2.75) is 64.2 Å². The van der Waals surface area contributed by atoms with Gasteiger partial charge in [0.25, 0.3) is 11.6 Å². The molecule has 0 bridgehead atoms. The predicted molar refractivity (Wildman–Crippen MR) is 128 cm³/mol. The zero-order chi connectivity index (χ0) is 22.2. The lowest BCUT2D eigenvalue weighted by molar-refractivity contribution is -0.534. The number of benzene rings is 2. The molecule has 0 radical (unpaired) electrons. The molecule has 2 aromatic carbocycles. The molecule has 1 atom stereocenters. The smallest absolute Gasteiger partial charge is 0.387 e. The van der Waals surface area contributed by atoms with Crippen LogP contribution in [0.5, 0.6) is 5.75 Å². The minimum atomic E-state index is -2.86. The van der Waals surface area contributed by atoms with Crippen molar-refractivity contribution in [3.8, 4) is 5.75 Å². The molecule has 2 aliphatic heterocycles. The van der Waals surface area contributed by atoms with Crippen LogP contribution in [0, 0.1) is 0 Å². The number of hydrogen-bond acceptors (Lipinski definition) is 3. The normalized spacial score (nSPS) is 21.3. The summed E-state index contributed by atoms with van der Waals surface area (Å²) in [7, 11) is 0. The van der Waals surface area contributed by atoms with Crippen LogP contribution in [0.2, 0.25) is 0 Å². The van der Waals surface area contributed by atoms with E-state index in [-0.39, 0.29) is 28.1 Å². The fourth-order valence-electron chi connectivity index (χ4n) is 4.62. The molecule has 174 valence electrons. The first-order valence-electron chi connectivity index (χ1n) is 11.0.